The van der Waals surface area contributed by atoms with Crippen LogP contribution < -0.4 is 44.1 Å². The number of carbonyl (C=O) groups excluding carboxylic acids is 1. The summed E-state index contributed by atoms with van der Waals surface area (Å²) in [6.45, 7) is 4.33. The summed E-state index contributed by atoms with van der Waals surface area (Å²) in [5.41, 5.74) is 5.83. The smallest absolute Gasteiger partial charge is 0.550 e. The van der Waals surface area contributed by atoms with Crippen molar-refractivity contribution >= 4 is 16.9 Å². The fourth-order valence-corrected chi connectivity index (χ4v) is 5.13. The van der Waals surface area contributed by atoms with E-state index in [1.807, 2.05) is 12.1 Å². The standard InChI is InChI=1S/C31H34N2O4.Na/c1-36-30-19-23(10-11-26(30)22-32-16-4-5-17-32)21-33-28-8-3-2-7-25(28)20-29(33)24-12-14-27(15-13-24)37-18-6-9-31(34)35;/h2-3,7-8,10-15,19-20H,4-6,9,16-18,21-22H2,1H3,(H,34,35);/q;+1/p-1. The molecule has 1 aliphatic rings. The van der Waals surface area contributed by atoms with Crippen LogP contribution in [0.4, 0.5) is 0 Å². The molecule has 2 heterocycles. The van der Waals surface area contributed by atoms with Crippen molar-refractivity contribution in [3.05, 3.63) is 83.9 Å². The van der Waals surface area contributed by atoms with Crippen LogP contribution in [-0.2, 0) is 17.9 Å². The van der Waals surface area contributed by atoms with Gasteiger partial charge in [0, 0.05) is 41.2 Å². The summed E-state index contributed by atoms with van der Waals surface area (Å²) >= 11 is 0. The molecule has 0 aliphatic carbocycles. The first-order valence-corrected chi connectivity index (χ1v) is 13.0. The van der Waals surface area contributed by atoms with Gasteiger partial charge in [-0.15, -0.1) is 0 Å². The van der Waals surface area contributed by atoms with Crippen molar-refractivity contribution < 1.29 is 48.9 Å². The average molecular weight is 521 g/mol. The van der Waals surface area contributed by atoms with Crippen molar-refractivity contribution in [3.8, 4) is 22.8 Å². The zero-order chi connectivity index (χ0) is 25.6. The number of ether oxygens (including phenoxy) is 2. The zero-order valence-corrected chi connectivity index (χ0v) is 24.3. The Morgan fingerprint density at radius 2 is 1.71 bits per heavy atom. The maximum Gasteiger partial charge on any atom is 1.00 e. The van der Waals surface area contributed by atoms with E-state index >= 15 is 0 Å². The molecule has 7 heteroatoms. The first-order valence-electron chi connectivity index (χ1n) is 13.0. The SMILES string of the molecule is COc1cc(Cn2c(-c3ccc(OCCCC(=O)[O-])cc3)cc3ccccc32)ccc1CN1CCCC1.[Na+]. The van der Waals surface area contributed by atoms with Crippen LogP contribution in [0.3, 0.4) is 0 Å². The Bertz CT molecular complexity index is 1360. The van der Waals surface area contributed by atoms with Gasteiger partial charge < -0.3 is 23.9 Å². The number of benzene rings is 3. The van der Waals surface area contributed by atoms with E-state index in [9.17, 15) is 9.90 Å². The third-order valence-electron chi connectivity index (χ3n) is 7.04. The van der Waals surface area contributed by atoms with Crippen LogP contribution in [0.5, 0.6) is 11.5 Å². The van der Waals surface area contributed by atoms with Gasteiger partial charge in [0.1, 0.15) is 11.5 Å². The molecule has 0 spiro atoms. The van der Waals surface area contributed by atoms with E-state index in [1.165, 1.54) is 34.9 Å². The Morgan fingerprint density at radius 1 is 0.947 bits per heavy atom. The summed E-state index contributed by atoms with van der Waals surface area (Å²) in [7, 11) is 1.76. The van der Waals surface area contributed by atoms with Gasteiger partial charge in [-0.25, -0.2) is 0 Å². The van der Waals surface area contributed by atoms with Crippen molar-refractivity contribution in [1.82, 2.24) is 9.47 Å². The van der Waals surface area contributed by atoms with E-state index in [0.717, 1.165) is 48.9 Å². The van der Waals surface area contributed by atoms with Crippen LogP contribution >= 0.6 is 0 Å². The van der Waals surface area contributed by atoms with Crippen molar-refractivity contribution in [3.63, 3.8) is 0 Å². The van der Waals surface area contributed by atoms with Gasteiger partial charge in [0.25, 0.3) is 0 Å². The molecule has 0 bridgehead atoms. The van der Waals surface area contributed by atoms with Crippen molar-refractivity contribution in [2.45, 2.75) is 38.8 Å². The van der Waals surface area contributed by atoms with Crippen LogP contribution in [-0.4, -0.2) is 42.2 Å². The minimum absolute atomic E-state index is 0. The number of carboxylic acid groups (broad SMARTS) is 1. The van der Waals surface area contributed by atoms with Gasteiger partial charge in [-0.05, 0) is 92.4 Å². The maximum atomic E-state index is 10.6. The van der Waals surface area contributed by atoms with E-state index in [4.69, 9.17) is 9.47 Å². The van der Waals surface area contributed by atoms with E-state index in [-0.39, 0.29) is 36.0 Å². The van der Waals surface area contributed by atoms with Gasteiger partial charge in [0.2, 0.25) is 0 Å². The predicted molar refractivity (Wildman–Crippen MR) is 144 cm³/mol. The summed E-state index contributed by atoms with van der Waals surface area (Å²) in [5, 5.41) is 11.8. The molecule has 0 amide bonds. The first kappa shape index (κ1) is 28.2. The number of para-hydroxylation sites is 1. The molecule has 3 aromatic carbocycles. The first-order chi connectivity index (χ1) is 18.1. The fraction of sp³-hybridized carbons (Fsp3) is 0.323. The molecule has 192 valence electrons. The summed E-state index contributed by atoms with van der Waals surface area (Å²) < 4.78 is 13.8. The fourth-order valence-electron chi connectivity index (χ4n) is 5.13. The number of carboxylic acids is 1. The monoisotopic (exact) mass is 520 g/mol. The third-order valence-corrected chi connectivity index (χ3v) is 7.04. The van der Waals surface area contributed by atoms with E-state index in [0.29, 0.717) is 13.0 Å². The molecule has 6 nitrogen and oxygen atoms in total. The van der Waals surface area contributed by atoms with E-state index in [1.54, 1.807) is 7.11 Å². The van der Waals surface area contributed by atoms with Crippen molar-refractivity contribution in [2.75, 3.05) is 26.8 Å². The second-order valence-corrected chi connectivity index (χ2v) is 9.65. The van der Waals surface area contributed by atoms with Gasteiger partial charge in [0.05, 0.1) is 13.7 Å². The molecule has 1 fully saturated rings. The molecule has 0 N–H and O–H groups in total. The number of methoxy groups -OCH3 is 1. The quantitative estimate of drug-likeness (QED) is 0.223. The Kier molecular flexibility index (Phi) is 9.91. The zero-order valence-electron chi connectivity index (χ0n) is 22.3. The maximum absolute atomic E-state index is 10.6. The van der Waals surface area contributed by atoms with Gasteiger partial charge in [-0.1, -0.05) is 30.3 Å². The van der Waals surface area contributed by atoms with Gasteiger partial charge in [-0.2, -0.15) is 0 Å². The molecule has 1 saturated heterocycles. The number of hydrogen-bond donors (Lipinski definition) is 0. The largest absolute Gasteiger partial charge is 1.00 e. The molecule has 0 atom stereocenters. The number of fused-ring (bicyclic) bond motifs is 1. The topological polar surface area (TPSA) is 66.8 Å². The molecule has 38 heavy (non-hydrogen) atoms. The van der Waals surface area contributed by atoms with Gasteiger partial charge in [-0.3, -0.25) is 4.90 Å². The Labute approximate surface area is 246 Å². The number of carbonyl (C=O) groups is 1. The average Bonchev–Trinajstić information content (AvgIpc) is 3.56. The third kappa shape index (κ3) is 6.80. The molecule has 1 aromatic heterocycles. The Balaban J connectivity index is 0.00000336. The Hall–Kier alpha value is -2.77. The number of rotatable bonds is 11. The van der Waals surface area contributed by atoms with Crippen molar-refractivity contribution in [2.24, 2.45) is 0 Å². The number of likely N-dealkylation sites (tertiary alicyclic amines) is 1. The van der Waals surface area contributed by atoms with Gasteiger partial charge in [0.15, 0.2) is 0 Å². The summed E-state index contributed by atoms with van der Waals surface area (Å²) in [6, 6.07) is 25.3. The minimum atomic E-state index is -1.05. The summed E-state index contributed by atoms with van der Waals surface area (Å²) in [5.74, 6) is 0.622. The molecule has 0 radical (unpaired) electrons. The number of hydrogen-bond acceptors (Lipinski definition) is 5. The van der Waals surface area contributed by atoms with Crippen LogP contribution in [0, 0.1) is 0 Å². The second kappa shape index (κ2) is 13.3. The molecule has 5 rings (SSSR count). The molecule has 0 saturated carbocycles. The van der Waals surface area contributed by atoms with Crippen LogP contribution in [0.2, 0.25) is 0 Å². The number of aliphatic carboxylic acids is 1. The van der Waals surface area contributed by atoms with E-state index in [2.05, 4.69) is 70.1 Å². The Morgan fingerprint density at radius 3 is 2.45 bits per heavy atom. The normalized spacial score (nSPS) is 13.4. The van der Waals surface area contributed by atoms with Gasteiger partial charge >= 0.3 is 29.6 Å². The number of nitrogens with zero attached hydrogens (tertiary/aromatic N) is 2. The molecule has 0 unspecified atom stereocenters. The molecule has 4 aromatic rings. The summed E-state index contributed by atoms with van der Waals surface area (Å²) in [6.07, 6.45) is 2.99. The van der Waals surface area contributed by atoms with Crippen LogP contribution in [0.1, 0.15) is 36.8 Å². The second-order valence-electron chi connectivity index (χ2n) is 9.65. The van der Waals surface area contributed by atoms with Crippen molar-refractivity contribution in [1.29, 1.82) is 0 Å². The molecule has 1 aliphatic heterocycles. The molecular weight excluding hydrogens is 487 g/mol. The number of aromatic nitrogens is 1. The minimum Gasteiger partial charge on any atom is -0.550 e. The predicted octanol–water partition coefficient (Wildman–Crippen LogP) is 1.87. The molecular formula is C31H33N2NaO4. The van der Waals surface area contributed by atoms with E-state index < -0.39 is 5.97 Å². The van der Waals surface area contributed by atoms with Crippen LogP contribution in [0.25, 0.3) is 22.2 Å². The van der Waals surface area contributed by atoms with Crippen LogP contribution in [0.15, 0.2) is 72.8 Å². The summed E-state index contributed by atoms with van der Waals surface area (Å²) in [4.78, 5) is 13.1.